The van der Waals surface area contributed by atoms with Gasteiger partial charge in [0.25, 0.3) is 5.91 Å². The summed E-state index contributed by atoms with van der Waals surface area (Å²) in [4.78, 5) is 12.9. The predicted molar refractivity (Wildman–Crippen MR) is 106 cm³/mol. The van der Waals surface area contributed by atoms with Crippen LogP contribution in [0.25, 0.3) is 5.69 Å². The van der Waals surface area contributed by atoms with Crippen molar-refractivity contribution in [3.63, 3.8) is 0 Å². The van der Waals surface area contributed by atoms with Crippen molar-refractivity contribution >= 4 is 34.8 Å². The molecule has 0 radical (unpaired) electrons. The minimum Gasteiger partial charge on any atom is -0.506 e. The number of carbonyl (C=O) groups excluding carboxylic acids is 1. The van der Waals surface area contributed by atoms with Crippen LogP contribution >= 0.6 is 23.2 Å². The van der Waals surface area contributed by atoms with Gasteiger partial charge >= 0.3 is 0 Å². The smallest absolute Gasteiger partial charge is 0.259 e. The van der Waals surface area contributed by atoms with E-state index in [4.69, 9.17) is 23.2 Å². The Morgan fingerprint density at radius 1 is 1.22 bits per heavy atom. The van der Waals surface area contributed by atoms with E-state index in [1.54, 1.807) is 47.3 Å². The second-order valence-electron chi connectivity index (χ2n) is 6.70. The standard InChI is InChI=1S/C20H17Cl2N3O2/c1-11-2-7-18(26)16(8-11)24-20(27)14-10-23-25(19(14)12-3-4-12)17-6-5-13(21)9-15(17)22/h2,5-10,12,26H,3-4H2,1H3,(H,24,27). The van der Waals surface area contributed by atoms with Gasteiger partial charge in [0, 0.05) is 10.9 Å². The number of phenols is 1. The average molecular weight is 402 g/mol. The van der Waals surface area contributed by atoms with E-state index in [0.717, 1.165) is 24.1 Å². The first-order valence-corrected chi connectivity index (χ1v) is 9.34. The van der Waals surface area contributed by atoms with Gasteiger partial charge in [-0.3, -0.25) is 4.79 Å². The summed E-state index contributed by atoms with van der Waals surface area (Å²) in [5.74, 6) is -0.0321. The van der Waals surface area contributed by atoms with Gasteiger partial charge < -0.3 is 10.4 Å². The van der Waals surface area contributed by atoms with E-state index in [2.05, 4.69) is 10.4 Å². The summed E-state index contributed by atoms with van der Waals surface area (Å²) in [7, 11) is 0. The summed E-state index contributed by atoms with van der Waals surface area (Å²) >= 11 is 12.3. The van der Waals surface area contributed by atoms with Crippen molar-refractivity contribution < 1.29 is 9.90 Å². The molecule has 0 saturated heterocycles. The first-order valence-electron chi connectivity index (χ1n) is 8.58. The maximum atomic E-state index is 12.9. The molecule has 4 rings (SSSR count). The minimum atomic E-state index is -0.311. The summed E-state index contributed by atoms with van der Waals surface area (Å²) in [5.41, 5.74) is 3.29. The second-order valence-corrected chi connectivity index (χ2v) is 7.54. The van der Waals surface area contributed by atoms with Crippen molar-refractivity contribution in [2.45, 2.75) is 25.7 Å². The van der Waals surface area contributed by atoms with Gasteiger partial charge in [0.1, 0.15) is 5.75 Å². The maximum Gasteiger partial charge on any atom is 0.259 e. The number of rotatable bonds is 4. The van der Waals surface area contributed by atoms with Crippen LogP contribution in [0.15, 0.2) is 42.6 Å². The van der Waals surface area contributed by atoms with E-state index in [1.807, 2.05) is 6.92 Å². The topological polar surface area (TPSA) is 67.2 Å². The highest BCUT2D eigenvalue weighted by atomic mass is 35.5. The van der Waals surface area contributed by atoms with E-state index in [1.165, 1.54) is 0 Å². The molecule has 2 aromatic carbocycles. The molecule has 1 aromatic heterocycles. The molecule has 1 saturated carbocycles. The van der Waals surface area contributed by atoms with E-state index >= 15 is 0 Å². The lowest BCUT2D eigenvalue weighted by atomic mass is 10.1. The highest BCUT2D eigenvalue weighted by Crippen LogP contribution is 2.43. The Morgan fingerprint density at radius 3 is 2.70 bits per heavy atom. The van der Waals surface area contributed by atoms with Crippen molar-refractivity contribution in [2.24, 2.45) is 0 Å². The number of aryl methyl sites for hydroxylation is 1. The van der Waals surface area contributed by atoms with Gasteiger partial charge in [-0.1, -0.05) is 29.3 Å². The van der Waals surface area contributed by atoms with Crippen molar-refractivity contribution in [1.29, 1.82) is 0 Å². The van der Waals surface area contributed by atoms with Gasteiger partial charge in [-0.15, -0.1) is 0 Å². The van der Waals surface area contributed by atoms with Crippen LogP contribution in [0.4, 0.5) is 5.69 Å². The summed E-state index contributed by atoms with van der Waals surface area (Å²) in [5, 5.41) is 18.2. The van der Waals surface area contributed by atoms with E-state index < -0.39 is 0 Å². The zero-order chi connectivity index (χ0) is 19.1. The number of hydrogen-bond acceptors (Lipinski definition) is 3. The first kappa shape index (κ1) is 17.9. The van der Waals surface area contributed by atoms with E-state index in [0.29, 0.717) is 27.0 Å². The zero-order valence-corrected chi connectivity index (χ0v) is 16.1. The Labute approximate surface area is 166 Å². The molecule has 27 heavy (non-hydrogen) atoms. The van der Waals surface area contributed by atoms with E-state index in [9.17, 15) is 9.90 Å². The number of benzene rings is 2. The number of phenolic OH excluding ortho intramolecular Hbond substituents is 1. The SMILES string of the molecule is Cc1ccc(O)c(NC(=O)c2cnn(-c3ccc(Cl)cc3Cl)c2C2CC2)c1. The fourth-order valence-electron chi connectivity index (χ4n) is 3.07. The molecular weight excluding hydrogens is 385 g/mol. The third kappa shape index (κ3) is 3.53. The van der Waals surface area contributed by atoms with Crippen LogP contribution in [0.5, 0.6) is 5.75 Å². The number of amides is 1. The minimum absolute atomic E-state index is 0.0232. The van der Waals surface area contributed by atoms with Crippen LogP contribution in [0.3, 0.4) is 0 Å². The number of aromatic hydroxyl groups is 1. The number of hydrogen-bond donors (Lipinski definition) is 2. The number of nitrogens with zero attached hydrogens (tertiary/aromatic N) is 2. The molecule has 0 spiro atoms. The normalized spacial score (nSPS) is 13.6. The quantitative estimate of drug-likeness (QED) is 0.581. The molecule has 1 fully saturated rings. The molecular formula is C20H17Cl2N3O2. The molecule has 0 unspecified atom stereocenters. The molecule has 1 aliphatic rings. The zero-order valence-electron chi connectivity index (χ0n) is 14.5. The number of aromatic nitrogens is 2. The summed E-state index contributed by atoms with van der Waals surface area (Å²) in [6.07, 6.45) is 3.53. The van der Waals surface area contributed by atoms with Crippen LogP contribution in [-0.2, 0) is 0 Å². The molecule has 138 valence electrons. The number of halogens is 2. The predicted octanol–water partition coefficient (Wildman–Crippen LogP) is 5.32. The fraction of sp³-hybridized carbons (Fsp3) is 0.200. The Hall–Kier alpha value is -2.50. The Kier molecular flexibility index (Phi) is 4.58. The average Bonchev–Trinajstić information content (AvgIpc) is 3.37. The third-order valence-electron chi connectivity index (χ3n) is 4.55. The Balaban J connectivity index is 1.72. The van der Waals surface area contributed by atoms with Crippen LogP contribution in [0.1, 0.15) is 40.4 Å². The lowest BCUT2D eigenvalue weighted by molar-refractivity contribution is 0.102. The van der Waals surface area contributed by atoms with Crippen molar-refractivity contribution in [3.8, 4) is 11.4 Å². The third-order valence-corrected chi connectivity index (χ3v) is 5.09. The summed E-state index contributed by atoms with van der Waals surface area (Å²) in [6, 6.07) is 10.2. The molecule has 1 heterocycles. The fourth-order valence-corrected chi connectivity index (χ4v) is 3.56. The van der Waals surface area contributed by atoms with Crippen LogP contribution in [0.2, 0.25) is 10.0 Å². The number of nitrogens with one attached hydrogen (secondary N) is 1. The monoisotopic (exact) mass is 401 g/mol. The first-order chi connectivity index (χ1) is 12.9. The molecule has 0 aliphatic heterocycles. The van der Waals surface area contributed by atoms with Gasteiger partial charge in [0.2, 0.25) is 0 Å². The molecule has 1 aliphatic carbocycles. The molecule has 7 heteroatoms. The van der Waals surface area contributed by atoms with Crippen LogP contribution in [-0.4, -0.2) is 20.8 Å². The van der Waals surface area contributed by atoms with Gasteiger partial charge in [-0.25, -0.2) is 4.68 Å². The molecule has 0 atom stereocenters. The summed E-state index contributed by atoms with van der Waals surface area (Å²) in [6.45, 7) is 1.89. The van der Waals surface area contributed by atoms with Crippen molar-refractivity contribution in [2.75, 3.05) is 5.32 Å². The molecule has 2 N–H and O–H groups in total. The Bertz CT molecular complexity index is 1040. The van der Waals surface area contributed by atoms with Crippen LogP contribution < -0.4 is 5.32 Å². The summed E-state index contributed by atoms with van der Waals surface area (Å²) < 4.78 is 1.71. The largest absolute Gasteiger partial charge is 0.506 e. The molecule has 1 amide bonds. The van der Waals surface area contributed by atoms with Gasteiger partial charge in [0.15, 0.2) is 0 Å². The van der Waals surface area contributed by atoms with Crippen molar-refractivity contribution in [3.05, 3.63) is 69.5 Å². The van der Waals surface area contributed by atoms with Gasteiger partial charge in [0.05, 0.1) is 33.9 Å². The Morgan fingerprint density at radius 2 is 2.00 bits per heavy atom. The van der Waals surface area contributed by atoms with Gasteiger partial charge in [-0.05, 0) is 55.7 Å². The number of carbonyl (C=O) groups is 1. The highest BCUT2D eigenvalue weighted by molar-refractivity contribution is 6.35. The molecule has 3 aromatic rings. The lowest BCUT2D eigenvalue weighted by Crippen LogP contribution is -2.14. The van der Waals surface area contributed by atoms with Gasteiger partial charge in [-0.2, -0.15) is 5.10 Å². The number of anilines is 1. The molecule has 0 bridgehead atoms. The lowest BCUT2D eigenvalue weighted by Gasteiger charge is -2.12. The van der Waals surface area contributed by atoms with Crippen LogP contribution in [0, 0.1) is 6.92 Å². The second kappa shape index (κ2) is 6.91. The van der Waals surface area contributed by atoms with E-state index in [-0.39, 0.29) is 17.6 Å². The molecule has 5 nitrogen and oxygen atoms in total. The maximum absolute atomic E-state index is 12.9. The highest BCUT2D eigenvalue weighted by Gasteiger charge is 2.33. The van der Waals surface area contributed by atoms with Crippen molar-refractivity contribution in [1.82, 2.24) is 9.78 Å².